The molecule has 132 valence electrons. The van der Waals surface area contributed by atoms with E-state index in [1.165, 1.54) is 0 Å². The van der Waals surface area contributed by atoms with Crippen LogP contribution in [-0.4, -0.2) is 42.8 Å². The lowest BCUT2D eigenvalue weighted by Crippen LogP contribution is -2.26. The third-order valence-electron chi connectivity index (χ3n) is 3.94. The van der Waals surface area contributed by atoms with E-state index in [4.69, 9.17) is 14.6 Å². The van der Waals surface area contributed by atoms with Gasteiger partial charge in [0.25, 0.3) is 5.91 Å². The Balaban J connectivity index is 1.67. The fourth-order valence-electron chi connectivity index (χ4n) is 2.55. The number of carbonyl (C=O) groups is 2. The normalized spacial score (nSPS) is 15.0. The summed E-state index contributed by atoms with van der Waals surface area (Å²) >= 11 is 0. The van der Waals surface area contributed by atoms with Crippen molar-refractivity contribution in [3.8, 4) is 5.75 Å². The monoisotopic (exact) mass is 335 g/mol. The van der Waals surface area contributed by atoms with Crippen LogP contribution in [0.4, 0.5) is 0 Å². The molecule has 1 amide bonds. The van der Waals surface area contributed by atoms with Gasteiger partial charge >= 0.3 is 5.97 Å². The summed E-state index contributed by atoms with van der Waals surface area (Å²) in [6, 6.07) is 7.15. The minimum absolute atomic E-state index is 0.120. The molecule has 1 aliphatic heterocycles. The topological polar surface area (TPSA) is 84.9 Å². The molecule has 0 radical (unpaired) electrons. The number of ether oxygens (including phenoxy) is 2. The molecule has 6 nitrogen and oxygen atoms in total. The number of hydrogen-bond donors (Lipinski definition) is 2. The van der Waals surface area contributed by atoms with Crippen molar-refractivity contribution in [2.24, 2.45) is 0 Å². The van der Waals surface area contributed by atoms with E-state index in [1.807, 2.05) is 12.1 Å². The Morgan fingerprint density at radius 3 is 2.50 bits per heavy atom. The number of carboxylic acids is 1. The summed E-state index contributed by atoms with van der Waals surface area (Å²) in [7, 11) is 0. The van der Waals surface area contributed by atoms with E-state index in [1.54, 1.807) is 12.1 Å². The Bertz CT molecular complexity index is 523. The van der Waals surface area contributed by atoms with Crippen LogP contribution >= 0.6 is 0 Å². The van der Waals surface area contributed by atoms with Crippen LogP contribution in [0.3, 0.4) is 0 Å². The number of aliphatic carboxylic acids is 1. The average molecular weight is 335 g/mol. The summed E-state index contributed by atoms with van der Waals surface area (Å²) < 4.78 is 11.2. The van der Waals surface area contributed by atoms with Crippen LogP contribution in [0.5, 0.6) is 5.75 Å². The number of rotatable bonds is 9. The molecule has 1 aliphatic rings. The van der Waals surface area contributed by atoms with Gasteiger partial charge in [0.1, 0.15) is 11.9 Å². The number of nitrogens with one attached hydrogen (secondary N) is 1. The van der Waals surface area contributed by atoms with Crippen LogP contribution in [0.25, 0.3) is 0 Å². The third-order valence-corrected chi connectivity index (χ3v) is 3.94. The highest BCUT2D eigenvalue weighted by Gasteiger charge is 2.15. The molecule has 24 heavy (non-hydrogen) atoms. The summed E-state index contributed by atoms with van der Waals surface area (Å²) in [5, 5.41) is 11.4. The van der Waals surface area contributed by atoms with Crippen molar-refractivity contribution in [2.45, 2.75) is 44.6 Å². The van der Waals surface area contributed by atoms with Crippen molar-refractivity contribution in [2.75, 3.05) is 19.8 Å². The van der Waals surface area contributed by atoms with Gasteiger partial charge in [0, 0.05) is 31.4 Å². The van der Waals surface area contributed by atoms with Gasteiger partial charge in [-0.05, 0) is 37.1 Å². The molecule has 0 atom stereocenters. The first-order chi connectivity index (χ1) is 11.6. The van der Waals surface area contributed by atoms with Crippen LogP contribution in [0.15, 0.2) is 24.3 Å². The summed E-state index contributed by atoms with van der Waals surface area (Å²) in [5.41, 5.74) is 0.597. The highest BCUT2D eigenvalue weighted by molar-refractivity contribution is 5.94. The van der Waals surface area contributed by atoms with E-state index < -0.39 is 5.97 Å². The van der Waals surface area contributed by atoms with Crippen molar-refractivity contribution in [1.82, 2.24) is 5.32 Å². The number of benzene rings is 1. The molecule has 0 unspecified atom stereocenters. The predicted octanol–water partition coefficient (Wildman–Crippen LogP) is 2.62. The molecule has 1 aromatic rings. The first-order valence-electron chi connectivity index (χ1n) is 8.49. The van der Waals surface area contributed by atoms with E-state index in [0.29, 0.717) is 18.5 Å². The average Bonchev–Trinajstić information content (AvgIpc) is 2.59. The van der Waals surface area contributed by atoms with Gasteiger partial charge in [-0.3, -0.25) is 9.59 Å². The lowest BCUT2D eigenvalue weighted by Gasteiger charge is -2.23. The lowest BCUT2D eigenvalue weighted by molar-refractivity contribution is -0.137. The molecular formula is C18H25NO5. The molecule has 0 aliphatic carbocycles. The Labute approximate surface area is 142 Å². The molecule has 6 heteroatoms. The van der Waals surface area contributed by atoms with E-state index in [-0.39, 0.29) is 18.4 Å². The molecule has 1 aromatic carbocycles. The number of hydrogen-bond acceptors (Lipinski definition) is 4. The van der Waals surface area contributed by atoms with Crippen LogP contribution < -0.4 is 10.1 Å². The quantitative estimate of drug-likeness (QED) is 0.678. The molecule has 0 saturated carbocycles. The van der Waals surface area contributed by atoms with Crippen molar-refractivity contribution >= 4 is 11.9 Å². The molecule has 2 rings (SSSR count). The lowest BCUT2D eigenvalue weighted by atomic mass is 10.1. The van der Waals surface area contributed by atoms with Gasteiger partial charge < -0.3 is 19.9 Å². The van der Waals surface area contributed by atoms with Gasteiger partial charge in [-0.25, -0.2) is 0 Å². The fraction of sp³-hybridized carbons (Fsp3) is 0.556. The Morgan fingerprint density at radius 2 is 1.83 bits per heavy atom. The van der Waals surface area contributed by atoms with Crippen molar-refractivity contribution in [1.29, 1.82) is 0 Å². The van der Waals surface area contributed by atoms with Crippen molar-refractivity contribution in [3.05, 3.63) is 29.8 Å². The second-order valence-corrected chi connectivity index (χ2v) is 5.91. The van der Waals surface area contributed by atoms with Crippen LogP contribution in [0, 0.1) is 0 Å². The minimum Gasteiger partial charge on any atom is -0.490 e. The zero-order valence-electron chi connectivity index (χ0n) is 13.8. The molecule has 0 bridgehead atoms. The molecule has 1 saturated heterocycles. The van der Waals surface area contributed by atoms with Crippen LogP contribution in [0.1, 0.15) is 48.9 Å². The molecular weight excluding hydrogens is 310 g/mol. The zero-order valence-corrected chi connectivity index (χ0v) is 13.8. The highest BCUT2D eigenvalue weighted by Crippen LogP contribution is 2.18. The van der Waals surface area contributed by atoms with Crippen LogP contribution in [0.2, 0.25) is 0 Å². The predicted molar refractivity (Wildman–Crippen MR) is 89.3 cm³/mol. The SMILES string of the molecule is O=C(O)CCCCCNC(=O)c1ccc(OC2CCOCC2)cc1. The molecule has 1 heterocycles. The fourth-order valence-corrected chi connectivity index (χ4v) is 2.55. The number of carboxylic acid groups (broad SMARTS) is 1. The second kappa shape index (κ2) is 9.93. The van der Waals surface area contributed by atoms with Gasteiger partial charge in [-0.2, -0.15) is 0 Å². The van der Waals surface area contributed by atoms with Gasteiger partial charge in [0.15, 0.2) is 0 Å². The van der Waals surface area contributed by atoms with Crippen LogP contribution in [-0.2, 0) is 9.53 Å². The molecule has 0 aromatic heterocycles. The summed E-state index contributed by atoms with van der Waals surface area (Å²) in [4.78, 5) is 22.4. The molecule has 0 spiro atoms. The van der Waals surface area contributed by atoms with Gasteiger partial charge in [0.2, 0.25) is 0 Å². The molecule has 1 fully saturated rings. The van der Waals surface area contributed by atoms with Crippen molar-refractivity contribution in [3.63, 3.8) is 0 Å². The molecule has 2 N–H and O–H groups in total. The maximum Gasteiger partial charge on any atom is 0.303 e. The second-order valence-electron chi connectivity index (χ2n) is 5.91. The maximum atomic E-state index is 12.0. The zero-order chi connectivity index (χ0) is 17.2. The number of carbonyl (C=O) groups excluding carboxylic acids is 1. The number of unbranched alkanes of at least 4 members (excludes halogenated alkanes) is 2. The maximum absolute atomic E-state index is 12.0. The van der Waals surface area contributed by atoms with Gasteiger partial charge in [-0.1, -0.05) is 6.42 Å². The first kappa shape index (κ1) is 18.3. The Kier molecular flexibility index (Phi) is 7.55. The minimum atomic E-state index is -0.776. The first-order valence-corrected chi connectivity index (χ1v) is 8.49. The van der Waals surface area contributed by atoms with E-state index in [0.717, 1.165) is 44.6 Å². The Hall–Kier alpha value is -2.08. The summed E-state index contributed by atoms with van der Waals surface area (Å²) in [6.07, 6.45) is 4.37. The van der Waals surface area contributed by atoms with E-state index >= 15 is 0 Å². The largest absolute Gasteiger partial charge is 0.490 e. The van der Waals surface area contributed by atoms with E-state index in [2.05, 4.69) is 5.32 Å². The van der Waals surface area contributed by atoms with E-state index in [9.17, 15) is 9.59 Å². The Morgan fingerprint density at radius 1 is 1.12 bits per heavy atom. The summed E-state index contributed by atoms with van der Waals surface area (Å²) in [6.45, 7) is 2.02. The highest BCUT2D eigenvalue weighted by atomic mass is 16.5. The van der Waals surface area contributed by atoms with Crippen molar-refractivity contribution < 1.29 is 24.2 Å². The standard InChI is InChI=1S/C18H25NO5/c20-17(21)4-2-1-3-11-19-18(22)14-5-7-15(8-6-14)24-16-9-12-23-13-10-16/h5-8,16H,1-4,9-13H2,(H,19,22)(H,20,21). The summed E-state index contributed by atoms with van der Waals surface area (Å²) in [5.74, 6) is -0.125. The third kappa shape index (κ3) is 6.58. The van der Waals surface area contributed by atoms with Gasteiger partial charge in [-0.15, -0.1) is 0 Å². The van der Waals surface area contributed by atoms with Gasteiger partial charge in [0.05, 0.1) is 13.2 Å². The number of amides is 1. The smallest absolute Gasteiger partial charge is 0.303 e.